The van der Waals surface area contributed by atoms with Gasteiger partial charge >= 0.3 is 5.97 Å². The monoisotopic (exact) mass is 282 g/mol. The fourth-order valence-electron chi connectivity index (χ4n) is 1.53. The molecule has 0 radical (unpaired) electrons. The molecule has 19 heavy (non-hydrogen) atoms. The molecule has 0 unspecified atom stereocenters. The quantitative estimate of drug-likeness (QED) is 0.651. The summed E-state index contributed by atoms with van der Waals surface area (Å²) < 4.78 is 10.2. The lowest BCUT2D eigenvalue weighted by Gasteiger charge is -2.04. The van der Waals surface area contributed by atoms with Crippen LogP contribution in [-0.2, 0) is 4.74 Å². The second kappa shape index (κ2) is 5.35. The van der Waals surface area contributed by atoms with Crippen LogP contribution in [0.15, 0.2) is 15.6 Å². The molecule has 2 rings (SSSR count). The summed E-state index contributed by atoms with van der Waals surface area (Å²) in [6, 6.07) is 1.81. The predicted molar refractivity (Wildman–Crippen MR) is 69.9 cm³/mol. The van der Waals surface area contributed by atoms with Gasteiger partial charge in [0, 0.05) is 5.56 Å². The molecule has 0 saturated carbocycles. The zero-order valence-electron chi connectivity index (χ0n) is 10.8. The Hall–Kier alpha value is -1.96. The SMILES string of the molecule is COC(=O)c1oc([C@H](C)Sc2n[nH]c(N)n2)cc1C. The fraction of sp³-hybridized carbons (Fsp3) is 0.364. The zero-order chi connectivity index (χ0) is 14.0. The van der Waals surface area contributed by atoms with E-state index in [1.54, 1.807) is 13.0 Å². The number of aromatic nitrogens is 3. The molecule has 0 aliphatic heterocycles. The van der Waals surface area contributed by atoms with Crippen molar-refractivity contribution in [1.29, 1.82) is 0 Å². The largest absolute Gasteiger partial charge is 0.463 e. The van der Waals surface area contributed by atoms with Crippen LogP contribution in [0.1, 0.15) is 34.1 Å². The van der Waals surface area contributed by atoms with Gasteiger partial charge in [-0.05, 0) is 19.9 Å². The number of rotatable bonds is 4. The van der Waals surface area contributed by atoms with E-state index in [0.29, 0.717) is 10.9 Å². The Bertz CT molecular complexity index is 593. The van der Waals surface area contributed by atoms with E-state index in [9.17, 15) is 4.79 Å². The van der Waals surface area contributed by atoms with Crippen LogP contribution in [0.25, 0.3) is 0 Å². The van der Waals surface area contributed by atoms with Gasteiger partial charge in [0.05, 0.1) is 12.4 Å². The van der Waals surface area contributed by atoms with Crippen molar-refractivity contribution in [3.63, 3.8) is 0 Å². The molecule has 0 aromatic carbocycles. The zero-order valence-corrected chi connectivity index (χ0v) is 11.6. The first-order valence-corrected chi connectivity index (χ1v) is 6.42. The topological polar surface area (TPSA) is 107 Å². The molecular weight excluding hydrogens is 268 g/mol. The van der Waals surface area contributed by atoms with Crippen LogP contribution in [0.3, 0.4) is 0 Å². The standard InChI is InChI=1S/C11H14N4O3S/c1-5-4-7(18-8(5)9(16)17-3)6(2)19-11-13-10(12)14-15-11/h4,6H,1-3H3,(H3,12,13,14,15)/t6-/m0/s1. The molecule has 0 saturated heterocycles. The number of H-pyrrole nitrogens is 1. The van der Waals surface area contributed by atoms with Gasteiger partial charge in [-0.15, -0.1) is 5.10 Å². The minimum Gasteiger partial charge on any atom is -0.463 e. The van der Waals surface area contributed by atoms with Gasteiger partial charge in [-0.25, -0.2) is 9.89 Å². The molecule has 2 aromatic rings. The number of carbonyl (C=O) groups excluding carboxylic acids is 1. The molecule has 8 heteroatoms. The number of esters is 1. The van der Waals surface area contributed by atoms with E-state index in [0.717, 1.165) is 5.56 Å². The van der Waals surface area contributed by atoms with E-state index < -0.39 is 5.97 Å². The average molecular weight is 282 g/mol. The predicted octanol–water partition coefficient (Wildman–Crippen LogP) is 1.93. The number of hydrogen-bond acceptors (Lipinski definition) is 7. The Kier molecular flexibility index (Phi) is 3.79. The van der Waals surface area contributed by atoms with Crippen LogP contribution in [0.5, 0.6) is 0 Å². The molecule has 0 fully saturated rings. The number of nitrogens with one attached hydrogen (secondary N) is 1. The Morgan fingerprint density at radius 3 is 2.95 bits per heavy atom. The van der Waals surface area contributed by atoms with Crippen molar-refractivity contribution in [1.82, 2.24) is 15.2 Å². The minimum absolute atomic E-state index is 0.0488. The summed E-state index contributed by atoms with van der Waals surface area (Å²) in [5.74, 6) is 0.661. The number of anilines is 1. The van der Waals surface area contributed by atoms with Gasteiger partial charge in [0.2, 0.25) is 16.9 Å². The number of nitrogen functional groups attached to an aromatic ring is 1. The van der Waals surface area contributed by atoms with E-state index in [4.69, 9.17) is 10.2 Å². The normalized spacial score (nSPS) is 12.4. The first-order valence-electron chi connectivity index (χ1n) is 5.54. The Balaban J connectivity index is 2.15. The van der Waals surface area contributed by atoms with Crippen LogP contribution >= 0.6 is 11.8 Å². The molecule has 3 N–H and O–H groups in total. The molecule has 102 valence electrons. The molecule has 7 nitrogen and oxygen atoms in total. The van der Waals surface area contributed by atoms with Crippen LogP contribution in [0.2, 0.25) is 0 Å². The third-order valence-corrected chi connectivity index (χ3v) is 3.45. The van der Waals surface area contributed by atoms with Gasteiger partial charge in [0.25, 0.3) is 0 Å². The summed E-state index contributed by atoms with van der Waals surface area (Å²) in [5, 5.41) is 6.97. The number of ether oxygens (including phenoxy) is 1. The van der Waals surface area contributed by atoms with Crippen molar-refractivity contribution in [3.05, 3.63) is 23.2 Å². The first-order chi connectivity index (χ1) is 9.01. The molecule has 0 aliphatic carbocycles. The Morgan fingerprint density at radius 2 is 2.37 bits per heavy atom. The average Bonchev–Trinajstić information content (AvgIpc) is 2.95. The third-order valence-electron chi connectivity index (χ3n) is 2.47. The van der Waals surface area contributed by atoms with Gasteiger partial charge in [0.1, 0.15) is 5.76 Å². The molecule has 0 aliphatic rings. The molecule has 0 bridgehead atoms. The lowest BCUT2D eigenvalue weighted by molar-refractivity contribution is 0.0562. The van der Waals surface area contributed by atoms with Crippen LogP contribution in [0.4, 0.5) is 5.95 Å². The molecule has 0 amide bonds. The van der Waals surface area contributed by atoms with Crippen molar-refractivity contribution < 1.29 is 13.9 Å². The highest BCUT2D eigenvalue weighted by molar-refractivity contribution is 7.99. The summed E-state index contributed by atoms with van der Waals surface area (Å²) in [4.78, 5) is 15.5. The molecule has 1 atom stereocenters. The second-order valence-electron chi connectivity index (χ2n) is 3.92. The highest BCUT2D eigenvalue weighted by Gasteiger charge is 2.20. The van der Waals surface area contributed by atoms with Gasteiger partial charge in [0.15, 0.2) is 0 Å². The number of methoxy groups -OCH3 is 1. The maximum Gasteiger partial charge on any atom is 0.374 e. The number of thioether (sulfide) groups is 1. The number of aryl methyl sites for hydroxylation is 1. The summed E-state index contributed by atoms with van der Waals surface area (Å²) in [7, 11) is 1.32. The van der Waals surface area contributed by atoms with Gasteiger partial charge in [-0.1, -0.05) is 11.8 Å². The van der Waals surface area contributed by atoms with Gasteiger partial charge in [-0.2, -0.15) is 4.98 Å². The lowest BCUT2D eigenvalue weighted by atomic mass is 10.2. The minimum atomic E-state index is -0.483. The van der Waals surface area contributed by atoms with Gasteiger partial charge < -0.3 is 14.9 Å². The maximum atomic E-state index is 11.5. The molecule has 2 aromatic heterocycles. The van der Waals surface area contributed by atoms with E-state index in [1.807, 2.05) is 6.92 Å². The van der Waals surface area contributed by atoms with Crippen LogP contribution in [-0.4, -0.2) is 28.3 Å². The van der Waals surface area contributed by atoms with Crippen molar-refractivity contribution >= 4 is 23.7 Å². The highest BCUT2D eigenvalue weighted by Crippen LogP contribution is 2.34. The number of carbonyl (C=O) groups is 1. The molecule has 0 spiro atoms. The highest BCUT2D eigenvalue weighted by atomic mass is 32.2. The number of furan rings is 1. The summed E-state index contributed by atoms with van der Waals surface area (Å²) in [5.41, 5.74) is 6.19. The molecular formula is C11H14N4O3S. The number of hydrogen-bond donors (Lipinski definition) is 2. The van der Waals surface area contributed by atoms with Crippen molar-refractivity contribution in [2.75, 3.05) is 12.8 Å². The van der Waals surface area contributed by atoms with E-state index in [1.165, 1.54) is 18.9 Å². The second-order valence-corrected chi connectivity index (χ2v) is 5.22. The fourth-order valence-corrected chi connectivity index (χ4v) is 2.33. The first kappa shape index (κ1) is 13.5. The molecule has 2 heterocycles. The van der Waals surface area contributed by atoms with Crippen molar-refractivity contribution in [2.45, 2.75) is 24.3 Å². The maximum absolute atomic E-state index is 11.5. The Morgan fingerprint density at radius 1 is 1.63 bits per heavy atom. The number of aromatic amines is 1. The summed E-state index contributed by atoms with van der Waals surface area (Å²) in [6.45, 7) is 3.72. The number of nitrogens with zero attached hydrogens (tertiary/aromatic N) is 2. The lowest BCUT2D eigenvalue weighted by Crippen LogP contribution is -2.00. The smallest absolute Gasteiger partial charge is 0.374 e. The van der Waals surface area contributed by atoms with Crippen LogP contribution in [0, 0.1) is 6.92 Å². The third kappa shape index (κ3) is 2.90. The summed E-state index contributed by atoms with van der Waals surface area (Å²) in [6.07, 6.45) is 0. The van der Waals surface area contributed by atoms with Crippen LogP contribution < -0.4 is 5.73 Å². The van der Waals surface area contributed by atoms with Crippen molar-refractivity contribution in [2.24, 2.45) is 0 Å². The number of nitrogens with two attached hydrogens (primary N) is 1. The Labute approximate surface area is 113 Å². The van der Waals surface area contributed by atoms with Crippen molar-refractivity contribution in [3.8, 4) is 0 Å². The van der Waals surface area contributed by atoms with E-state index in [2.05, 4.69) is 19.9 Å². The van der Waals surface area contributed by atoms with E-state index in [-0.39, 0.29) is 17.0 Å². The van der Waals surface area contributed by atoms with Gasteiger partial charge in [-0.3, -0.25) is 0 Å². The summed E-state index contributed by atoms with van der Waals surface area (Å²) >= 11 is 1.38. The van der Waals surface area contributed by atoms with E-state index >= 15 is 0 Å².